The molecule has 2 heterocycles. The molecule has 1 atom stereocenters. The third-order valence-corrected chi connectivity index (χ3v) is 3.22. The number of nitrogens with zero attached hydrogens (tertiary/aromatic N) is 5. The predicted molar refractivity (Wildman–Crippen MR) is 73.6 cm³/mol. The van der Waals surface area contributed by atoms with Crippen LogP contribution in [-0.2, 0) is 13.1 Å². The average Bonchev–Trinajstić information content (AvgIpc) is 3.08. The first-order valence-corrected chi connectivity index (χ1v) is 6.88. The second kappa shape index (κ2) is 7.04. The lowest BCUT2D eigenvalue weighted by Gasteiger charge is -2.08. The summed E-state index contributed by atoms with van der Waals surface area (Å²) in [6, 6.07) is 2.55. The van der Waals surface area contributed by atoms with Crippen LogP contribution in [0.1, 0.15) is 38.4 Å². The monoisotopic (exact) mass is 262 g/mol. The summed E-state index contributed by atoms with van der Waals surface area (Å²) in [5.41, 5.74) is 1.10. The molecule has 0 bridgehead atoms. The van der Waals surface area contributed by atoms with Crippen molar-refractivity contribution in [1.82, 2.24) is 30.1 Å². The van der Waals surface area contributed by atoms with Gasteiger partial charge in [0.1, 0.15) is 0 Å². The van der Waals surface area contributed by atoms with Crippen LogP contribution in [0.3, 0.4) is 0 Å². The third kappa shape index (κ3) is 4.17. The quantitative estimate of drug-likeness (QED) is 0.734. The summed E-state index contributed by atoms with van der Waals surface area (Å²) in [6.07, 6.45) is 7.78. The first-order valence-electron chi connectivity index (χ1n) is 6.88. The van der Waals surface area contributed by atoms with Crippen molar-refractivity contribution in [1.29, 1.82) is 0 Å². The Morgan fingerprint density at radius 1 is 1.37 bits per heavy atom. The summed E-state index contributed by atoms with van der Waals surface area (Å²) in [6.45, 7) is 7.03. The van der Waals surface area contributed by atoms with Crippen molar-refractivity contribution in [3.8, 4) is 0 Å². The highest BCUT2D eigenvalue weighted by atomic mass is 15.4. The molecule has 1 unspecified atom stereocenters. The number of aromatic nitrogens is 5. The van der Waals surface area contributed by atoms with Crippen LogP contribution in [0.5, 0.6) is 0 Å². The molecule has 6 heteroatoms. The topological polar surface area (TPSA) is 60.6 Å². The van der Waals surface area contributed by atoms with Crippen molar-refractivity contribution in [2.45, 2.75) is 45.8 Å². The van der Waals surface area contributed by atoms with Gasteiger partial charge < -0.3 is 5.32 Å². The van der Waals surface area contributed by atoms with E-state index in [4.69, 9.17) is 0 Å². The third-order valence-electron chi connectivity index (χ3n) is 3.22. The number of nitrogens with one attached hydrogen (secondary N) is 1. The van der Waals surface area contributed by atoms with Crippen LogP contribution in [0.25, 0.3) is 0 Å². The van der Waals surface area contributed by atoms with Crippen LogP contribution in [0.15, 0.2) is 24.7 Å². The van der Waals surface area contributed by atoms with Crippen LogP contribution in [-0.4, -0.2) is 31.3 Å². The van der Waals surface area contributed by atoms with E-state index in [1.54, 1.807) is 6.20 Å². The zero-order valence-electron chi connectivity index (χ0n) is 11.7. The zero-order valence-corrected chi connectivity index (χ0v) is 11.7. The minimum Gasteiger partial charge on any atom is -0.311 e. The fraction of sp³-hybridized carbons (Fsp3) is 0.615. The Morgan fingerprint density at radius 3 is 3.00 bits per heavy atom. The molecule has 0 spiro atoms. The summed E-state index contributed by atoms with van der Waals surface area (Å²) in [5.74, 6) is 0. The number of hydrogen-bond donors (Lipinski definition) is 1. The number of hydrogen-bond acceptors (Lipinski definition) is 4. The van der Waals surface area contributed by atoms with E-state index in [1.165, 1.54) is 0 Å². The van der Waals surface area contributed by atoms with Crippen molar-refractivity contribution >= 4 is 0 Å². The van der Waals surface area contributed by atoms with Crippen molar-refractivity contribution in [2.75, 3.05) is 6.54 Å². The molecule has 1 N–H and O–H groups in total. The van der Waals surface area contributed by atoms with E-state index in [1.807, 2.05) is 15.6 Å². The minimum absolute atomic E-state index is 0.473. The highest BCUT2D eigenvalue weighted by Gasteiger charge is 2.03. The molecule has 104 valence electrons. The summed E-state index contributed by atoms with van der Waals surface area (Å²) < 4.78 is 3.88. The second-order valence-corrected chi connectivity index (χ2v) is 4.74. The van der Waals surface area contributed by atoms with E-state index in [9.17, 15) is 0 Å². The van der Waals surface area contributed by atoms with E-state index >= 15 is 0 Å². The van der Waals surface area contributed by atoms with Gasteiger partial charge in [-0.1, -0.05) is 12.1 Å². The molecule has 2 aromatic rings. The Kier molecular flexibility index (Phi) is 5.09. The lowest BCUT2D eigenvalue weighted by Crippen LogP contribution is -2.17. The highest BCUT2D eigenvalue weighted by Crippen LogP contribution is 2.08. The first kappa shape index (κ1) is 13.7. The lowest BCUT2D eigenvalue weighted by atomic mass is 10.3. The highest BCUT2D eigenvalue weighted by molar-refractivity contribution is 4.99. The molecule has 6 nitrogen and oxygen atoms in total. The second-order valence-electron chi connectivity index (χ2n) is 4.74. The molecule has 0 aliphatic carbocycles. The van der Waals surface area contributed by atoms with E-state index in [0.29, 0.717) is 6.04 Å². The normalized spacial score (nSPS) is 12.7. The maximum absolute atomic E-state index is 4.56. The summed E-state index contributed by atoms with van der Waals surface area (Å²) >= 11 is 0. The number of rotatable bonds is 8. The van der Waals surface area contributed by atoms with Gasteiger partial charge >= 0.3 is 0 Å². The van der Waals surface area contributed by atoms with Gasteiger partial charge in [0.15, 0.2) is 0 Å². The van der Waals surface area contributed by atoms with Crippen LogP contribution in [0, 0.1) is 0 Å². The van der Waals surface area contributed by atoms with Gasteiger partial charge in [-0.3, -0.25) is 9.36 Å². The molecule has 0 radical (unpaired) electrons. The maximum atomic E-state index is 4.56. The van der Waals surface area contributed by atoms with Gasteiger partial charge in [0, 0.05) is 31.5 Å². The molecule has 2 aromatic heterocycles. The molecular weight excluding hydrogens is 240 g/mol. The molecule has 0 aliphatic rings. The smallest absolute Gasteiger partial charge is 0.0762 e. The summed E-state index contributed by atoms with van der Waals surface area (Å²) in [4.78, 5) is 0. The van der Waals surface area contributed by atoms with Crippen molar-refractivity contribution in [3.63, 3.8) is 0 Å². The van der Waals surface area contributed by atoms with Crippen LogP contribution >= 0.6 is 0 Å². The fourth-order valence-electron chi connectivity index (χ4n) is 1.84. The maximum Gasteiger partial charge on any atom is 0.0762 e. The van der Waals surface area contributed by atoms with Gasteiger partial charge in [-0.15, -0.1) is 5.10 Å². The molecule has 0 amide bonds. The Bertz CT molecular complexity index is 461. The number of aryl methyl sites for hydroxylation is 1. The molecule has 0 saturated heterocycles. The fourth-order valence-corrected chi connectivity index (χ4v) is 1.84. The molecule has 0 aromatic carbocycles. The molecule has 2 rings (SSSR count). The Morgan fingerprint density at radius 2 is 2.26 bits per heavy atom. The summed E-state index contributed by atoms with van der Waals surface area (Å²) in [5, 5.41) is 15.7. The standard InChI is InChI=1S/C13H22N6/c1-3-12(2)19-9-5-13(16-19)11-14-6-4-8-18-10-7-15-17-18/h5,7,9-10,12,14H,3-4,6,8,11H2,1-2H3. The van der Waals surface area contributed by atoms with Crippen LogP contribution in [0.4, 0.5) is 0 Å². The van der Waals surface area contributed by atoms with Crippen molar-refractivity contribution < 1.29 is 0 Å². The minimum atomic E-state index is 0.473. The van der Waals surface area contributed by atoms with E-state index in [-0.39, 0.29) is 0 Å². The summed E-state index contributed by atoms with van der Waals surface area (Å²) in [7, 11) is 0. The lowest BCUT2D eigenvalue weighted by molar-refractivity contribution is 0.469. The van der Waals surface area contributed by atoms with Gasteiger partial charge in [-0.2, -0.15) is 5.10 Å². The molecule has 0 saturated carbocycles. The Labute approximate surface area is 113 Å². The van der Waals surface area contributed by atoms with Gasteiger partial charge in [0.25, 0.3) is 0 Å². The Hall–Kier alpha value is -1.69. The predicted octanol–water partition coefficient (Wildman–Crippen LogP) is 1.63. The van der Waals surface area contributed by atoms with Gasteiger partial charge in [-0.05, 0) is 32.4 Å². The molecular formula is C13H22N6. The average molecular weight is 262 g/mol. The molecule has 19 heavy (non-hydrogen) atoms. The first-order chi connectivity index (χ1) is 9.29. The van der Waals surface area contributed by atoms with Crippen molar-refractivity contribution in [2.24, 2.45) is 0 Å². The van der Waals surface area contributed by atoms with Crippen LogP contribution in [0.2, 0.25) is 0 Å². The van der Waals surface area contributed by atoms with Gasteiger partial charge in [-0.25, -0.2) is 0 Å². The van der Waals surface area contributed by atoms with E-state index < -0.39 is 0 Å². The van der Waals surface area contributed by atoms with E-state index in [0.717, 1.165) is 38.2 Å². The largest absolute Gasteiger partial charge is 0.311 e. The van der Waals surface area contributed by atoms with Crippen LogP contribution < -0.4 is 5.32 Å². The van der Waals surface area contributed by atoms with E-state index in [2.05, 4.69) is 46.8 Å². The molecule has 0 aliphatic heterocycles. The van der Waals surface area contributed by atoms with Gasteiger partial charge in [0.05, 0.1) is 11.9 Å². The zero-order chi connectivity index (χ0) is 13.5. The molecule has 0 fully saturated rings. The Balaban J connectivity index is 1.64. The SMILES string of the molecule is CCC(C)n1ccc(CNCCCn2ccnn2)n1. The van der Waals surface area contributed by atoms with Crippen molar-refractivity contribution in [3.05, 3.63) is 30.4 Å². The van der Waals surface area contributed by atoms with Gasteiger partial charge in [0.2, 0.25) is 0 Å².